The van der Waals surface area contributed by atoms with E-state index < -0.39 is 0 Å². The molecule has 2 aromatic rings. The molecule has 0 aliphatic heterocycles. The van der Waals surface area contributed by atoms with Crippen LogP contribution in [-0.4, -0.2) is 19.6 Å². The van der Waals surface area contributed by atoms with Crippen molar-refractivity contribution in [3.05, 3.63) is 65.2 Å². The molecule has 0 saturated carbocycles. The second-order valence-corrected chi connectivity index (χ2v) is 6.12. The fourth-order valence-corrected chi connectivity index (χ4v) is 3.33. The Hall–Kier alpha value is -2.29. The molecule has 0 spiro atoms. The topological polar surface area (TPSA) is 38.3 Å². The highest BCUT2D eigenvalue weighted by Crippen LogP contribution is 2.30. The SMILES string of the molecule is COc1cccc(CC(=O)NCC2CCCc3ccccc32)c1. The molecule has 1 atom stereocenters. The Bertz CT molecular complexity index is 681. The van der Waals surface area contributed by atoms with E-state index >= 15 is 0 Å². The molecule has 120 valence electrons. The summed E-state index contributed by atoms with van der Waals surface area (Å²) in [7, 11) is 1.64. The fraction of sp³-hybridized carbons (Fsp3) is 0.350. The molecule has 3 rings (SSSR count). The Kier molecular flexibility index (Phi) is 4.96. The zero-order valence-electron chi connectivity index (χ0n) is 13.5. The molecule has 1 N–H and O–H groups in total. The van der Waals surface area contributed by atoms with Crippen LogP contribution in [-0.2, 0) is 17.6 Å². The summed E-state index contributed by atoms with van der Waals surface area (Å²) in [4.78, 5) is 12.2. The molecule has 1 aliphatic rings. The summed E-state index contributed by atoms with van der Waals surface area (Å²) in [6.07, 6.45) is 3.90. The number of ether oxygens (including phenoxy) is 1. The number of hydrogen-bond donors (Lipinski definition) is 1. The van der Waals surface area contributed by atoms with Gasteiger partial charge in [-0.15, -0.1) is 0 Å². The van der Waals surface area contributed by atoms with Crippen LogP contribution in [0.1, 0.15) is 35.4 Å². The van der Waals surface area contributed by atoms with Gasteiger partial charge in [0.15, 0.2) is 0 Å². The Morgan fingerprint density at radius 1 is 1.22 bits per heavy atom. The fourth-order valence-electron chi connectivity index (χ4n) is 3.33. The number of hydrogen-bond acceptors (Lipinski definition) is 2. The molecule has 0 aromatic heterocycles. The Labute approximate surface area is 137 Å². The minimum absolute atomic E-state index is 0.0707. The summed E-state index contributed by atoms with van der Waals surface area (Å²) in [5.74, 6) is 1.30. The molecule has 0 fully saturated rings. The molecule has 0 bridgehead atoms. The molecular formula is C20H23NO2. The number of carbonyl (C=O) groups is 1. The predicted molar refractivity (Wildman–Crippen MR) is 91.8 cm³/mol. The maximum absolute atomic E-state index is 12.2. The van der Waals surface area contributed by atoms with Crippen LogP contribution >= 0.6 is 0 Å². The van der Waals surface area contributed by atoms with Gasteiger partial charge in [-0.05, 0) is 48.1 Å². The molecule has 3 nitrogen and oxygen atoms in total. The number of rotatable bonds is 5. The van der Waals surface area contributed by atoms with Gasteiger partial charge in [-0.1, -0.05) is 36.4 Å². The first-order valence-corrected chi connectivity index (χ1v) is 8.23. The molecule has 2 aromatic carbocycles. The zero-order valence-corrected chi connectivity index (χ0v) is 13.5. The van der Waals surface area contributed by atoms with Gasteiger partial charge in [0.05, 0.1) is 13.5 Å². The van der Waals surface area contributed by atoms with Gasteiger partial charge < -0.3 is 10.1 Å². The van der Waals surface area contributed by atoms with Gasteiger partial charge in [0.1, 0.15) is 5.75 Å². The minimum atomic E-state index is 0.0707. The average molecular weight is 309 g/mol. The third kappa shape index (κ3) is 3.92. The number of benzene rings is 2. The number of nitrogens with one attached hydrogen (secondary N) is 1. The second-order valence-electron chi connectivity index (χ2n) is 6.12. The summed E-state index contributed by atoms with van der Waals surface area (Å²) in [5.41, 5.74) is 3.82. The van der Waals surface area contributed by atoms with Gasteiger partial charge in [-0.2, -0.15) is 0 Å². The van der Waals surface area contributed by atoms with E-state index in [4.69, 9.17) is 4.74 Å². The maximum Gasteiger partial charge on any atom is 0.224 e. The van der Waals surface area contributed by atoms with Gasteiger partial charge in [-0.3, -0.25) is 4.79 Å². The van der Waals surface area contributed by atoms with E-state index in [1.807, 2.05) is 24.3 Å². The molecule has 1 unspecified atom stereocenters. The summed E-state index contributed by atoms with van der Waals surface area (Å²) in [6, 6.07) is 16.3. The third-order valence-corrected chi connectivity index (χ3v) is 4.54. The molecule has 1 amide bonds. The molecule has 3 heteroatoms. The number of amides is 1. The number of aryl methyl sites for hydroxylation is 1. The number of carbonyl (C=O) groups excluding carboxylic acids is 1. The Balaban J connectivity index is 1.57. The van der Waals surface area contributed by atoms with Crippen molar-refractivity contribution in [2.75, 3.05) is 13.7 Å². The quantitative estimate of drug-likeness (QED) is 0.918. The van der Waals surface area contributed by atoms with Crippen LogP contribution in [0.25, 0.3) is 0 Å². The third-order valence-electron chi connectivity index (χ3n) is 4.54. The van der Waals surface area contributed by atoms with E-state index in [0.717, 1.165) is 30.7 Å². The van der Waals surface area contributed by atoms with Crippen molar-refractivity contribution in [1.82, 2.24) is 5.32 Å². The molecule has 1 aliphatic carbocycles. The van der Waals surface area contributed by atoms with Crippen LogP contribution in [0.2, 0.25) is 0 Å². The first-order valence-electron chi connectivity index (χ1n) is 8.23. The van der Waals surface area contributed by atoms with Crippen LogP contribution in [0.5, 0.6) is 5.75 Å². The van der Waals surface area contributed by atoms with E-state index in [1.54, 1.807) is 7.11 Å². The first kappa shape index (κ1) is 15.6. The molecule has 0 saturated heterocycles. The van der Waals surface area contributed by atoms with Crippen LogP contribution in [0.4, 0.5) is 0 Å². The summed E-state index contributed by atoms with van der Waals surface area (Å²) in [5, 5.41) is 3.10. The summed E-state index contributed by atoms with van der Waals surface area (Å²) >= 11 is 0. The van der Waals surface area contributed by atoms with Crippen molar-refractivity contribution >= 4 is 5.91 Å². The zero-order chi connectivity index (χ0) is 16.1. The lowest BCUT2D eigenvalue weighted by Gasteiger charge is -2.25. The Morgan fingerprint density at radius 2 is 2.09 bits per heavy atom. The number of fused-ring (bicyclic) bond motifs is 1. The largest absolute Gasteiger partial charge is 0.497 e. The highest BCUT2D eigenvalue weighted by molar-refractivity contribution is 5.78. The van der Waals surface area contributed by atoms with E-state index in [0.29, 0.717) is 12.3 Å². The second kappa shape index (κ2) is 7.32. The normalized spacial score (nSPS) is 16.5. The standard InChI is InChI=1S/C20H23NO2/c1-23-18-10-4-6-15(12-18)13-20(22)21-14-17-9-5-8-16-7-2-3-11-19(16)17/h2-4,6-7,10-12,17H,5,8-9,13-14H2,1H3,(H,21,22). The molecule has 23 heavy (non-hydrogen) atoms. The molecule has 0 heterocycles. The first-order chi connectivity index (χ1) is 11.3. The van der Waals surface area contributed by atoms with Crippen molar-refractivity contribution in [2.45, 2.75) is 31.6 Å². The highest BCUT2D eigenvalue weighted by atomic mass is 16.5. The smallest absolute Gasteiger partial charge is 0.224 e. The van der Waals surface area contributed by atoms with Crippen molar-refractivity contribution in [3.63, 3.8) is 0 Å². The van der Waals surface area contributed by atoms with E-state index in [9.17, 15) is 4.79 Å². The Morgan fingerprint density at radius 3 is 2.96 bits per heavy atom. The van der Waals surface area contributed by atoms with Crippen LogP contribution in [0, 0.1) is 0 Å². The van der Waals surface area contributed by atoms with Gasteiger partial charge in [0, 0.05) is 12.5 Å². The average Bonchev–Trinajstić information content (AvgIpc) is 2.60. The number of methoxy groups -OCH3 is 1. The molecular weight excluding hydrogens is 286 g/mol. The minimum Gasteiger partial charge on any atom is -0.497 e. The van der Waals surface area contributed by atoms with Crippen molar-refractivity contribution in [3.8, 4) is 5.75 Å². The predicted octanol–water partition coefficient (Wildman–Crippen LogP) is 3.47. The van der Waals surface area contributed by atoms with Crippen LogP contribution < -0.4 is 10.1 Å². The van der Waals surface area contributed by atoms with Crippen molar-refractivity contribution in [2.24, 2.45) is 0 Å². The summed E-state index contributed by atoms with van der Waals surface area (Å²) < 4.78 is 5.20. The maximum atomic E-state index is 12.2. The highest BCUT2D eigenvalue weighted by Gasteiger charge is 2.20. The van der Waals surface area contributed by atoms with E-state index in [-0.39, 0.29) is 5.91 Å². The molecule has 0 radical (unpaired) electrons. The van der Waals surface area contributed by atoms with Gasteiger partial charge in [-0.25, -0.2) is 0 Å². The lowest BCUT2D eigenvalue weighted by atomic mass is 9.83. The van der Waals surface area contributed by atoms with Crippen molar-refractivity contribution in [1.29, 1.82) is 0 Å². The lowest BCUT2D eigenvalue weighted by molar-refractivity contribution is -0.120. The van der Waals surface area contributed by atoms with Crippen molar-refractivity contribution < 1.29 is 9.53 Å². The van der Waals surface area contributed by atoms with Crippen LogP contribution in [0.15, 0.2) is 48.5 Å². The summed E-state index contributed by atoms with van der Waals surface area (Å²) in [6.45, 7) is 0.722. The van der Waals surface area contributed by atoms with Gasteiger partial charge in [0.25, 0.3) is 0 Å². The lowest BCUT2D eigenvalue weighted by Crippen LogP contribution is -2.31. The van der Waals surface area contributed by atoms with E-state index in [2.05, 4.69) is 29.6 Å². The van der Waals surface area contributed by atoms with Crippen LogP contribution in [0.3, 0.4) is 0 Å². The van der Waals surface area contributed by atoms with Gasteiger partial charge >= 0.3 is 0 Å². The monoisotopic (exact) mass is 309 g/mol. The van der Waals surface area contributed by atoms with Gasteiger partial charge in [0.2, 0.25) is 5.91 Å². The van der Waals surface area contributed by atoms with E-state index in [1.165, 1.54) is 17.5 Å².